The topological polar surface area (TPSA) is 99.7 Å². The number of nitrogens with zero attached hydrogens (tertiary/aromatic N) is 1. The monoisotopic (exact) mass is 266 g/mol. The van der Waals surface area contributed by atoms with Gasteiger partial charge >= 0.3 is 5.97 Å². The van der Waals surface area contributed by atoms with Gasteiger partial charge in [0.25, 0.3) is 5.91 Å². The number of H-pyrrole nitrogens is 1. The Kier molecular flexibility index (Phi) is 3.66. The summed E-state index contributed by atoms with van der Waals surface area (Å²) in [6, 6.07) is 0.435. The number of rotatable bonds is 3. The number of hydrogen-bond donors (Lipinski definition) is 2. The van der Waals surface area contributed by atoms with Gasteiger partial charge in [-0.1, -0.05) is 0 Å². The molecule has 1 amide bonds. The number of nitrogens with one attached hydrogen (secondary N) is 1. The number of carboxylic acids is 1. The lowest BCUT2D eigenvalue weighted by molar-refractivity contribution is -0.147. The number of aliphatic carboxylic acids is 1. The highest BCUT2D eigenvalue weighted by Crippen LogP contribution is 2.13. The van der Waals surface area contributed by atoms with Crippen molar-refractivity contribution in [1.29, 1.82) is 0 Å². The molecule has 19 heavy (non-hydrogen) atoms. The first-order chi connectivity index (χ1) is 9.00. The van der Waals surface area contributed by atoms with Crippen molar-refractivity contribution >= 4 is 17.7 Å². The fraction of sp³-hybridized carbons (Fsp3) is 0.417. The Labute approximate surface area is 109 Å². The van der Waals surface area contributed by atoms with Crippen molar-refractivity contribution in [1.82, 2.24) is 9.88 Å². The summed E-state index contributed by atoms with van der Waals surface area (Å²) in [5.74, 6) is -1.71. The molecular weight excluding hydrogens is 252 g/mol. The number of ether oxygens (including phenoxy) is 1. The lowest BCUT2D eigenvalue weighted by atomic mass is 10.2. The Morgan fingerprint density at radius 1 is 1.47 bits per heavy atom. The summed E-state index contributed by atoms with van der Waals surface area (Å²) in [5.41, 5.74) is 0.599. The Hall–Kier alpha value is -2.15. The summed E-state index contributed by atoms with van der Waals surface area (Å²) in [6.07, 6.45) is 1.44. The number of hydrogen-bond acceptors (Lipinski definition) is 4. The van der Waals surface area contributed by atoms with Crippen LogP contribution in [-0.4, -0.2) is 58.5 Å². The van der Waals surface area contributed by atoms with E-state index in [9.17, 15) is 14.4 Å². The third-order valence-corrected chi connectivity index (χ3v) is 2.99. The largest absolute Gasteiger partial charge is 0.480 e. The maximum atomic E-state index is 12.2. The number of aromatic nitrogens is 1. The Morgan fingerprint density at radius 3 is 2.79 bits per heavy atom. The molecule has 0 radical (unpaired) electrons. The highest BCUT2D eigenvalue weighted by molar-refractivity contribution is 6.00. The summed E-state index contributed by atoms with van der Waals surface area (Å²) in [4.78, 5) is 38.4. The SMILES string of the molecule is CC(=O)c1c[nH]c(C(=O)N2CCOCC2C(=O)O)c1. The zero-order valence-corrected chi connectivity index (χ0v) is 10.4. The van der Waals surface area contributed by atoms with Crippen LogP contribution < -0.4 is 0 Å². The number of amides is 1. The molecule has 102 valence electrons. The maximum Gasteiger partial charge on any atom is 0.328 e. The number of carbonyl (C=O) groups excluding carboxylic acids is 2. The van der Waals surface area contributed by atoms with E-state index in [2.05, 4.69) is 4.98 Å². The Bertz CT molecular complexity index is 522. The van der Waals surface area contributed by atoms with Crippen molar-refractivity contribution in [2.24, 2.45) is 0 Å². The standard InChI is InChI=1S/C12H14N2O5/c1-7(15)8-4-9(13-5-8)11(16)14-2-3-19-6-10(14)12(17)18/h4-5,10,13H,2-3,6H2,1H3,(H,17,18). The van der Waals surface area contributed by atoms with Gasteiger partial charge in [0.05, 0.1) is 13.2 Å². The van der Waals surface area contributed by atoms with Gasteiger partial charge in [0.1, 0.15) is 5.69 Å². The molecule has 1 aliphatic heterocycles. The van der Waals surface area contributed by atoms with E-state index >= 15 is 0 Å². The van der Waals surface area contributed by atoms with Crippen LogP contribution >= 0.6 is 0 Å². The fourth-order valence-corrected chi connectivity index (χ4v) is 1.93. The van der Waals surface area contributed by atoms with Crippen LogP contribution in [0.1, 0.15) is 27.8 Å². The molecule has 1 fully saturated rings. The predicted octanol–water partition coefficient (Wildman–Crippen LogP) is 0.143. The fourth-order valence-electron chi connectivity index (χ4n) is 1.93. The van der Waals surface area contributed by atoms with E-state index in [-0.39, 0.29) is 24.6 Å². The molecule has 2 heterocycles. The van der Waals surface area contributed by atoms with Gasteiger partial charge < -0.3 is 19.7 Å². The zero-order valence-electron chi connectivity index (χ0n) is 10.4. The third-order valence-electron chi connectivity index (χ3n) is 2.99. The van der Waals surface area contributed by atoms with Crippen LogP contribution in [0.3, 0.4) is 0 Å². The Morgan fingerprint density at radius 2 is 2.21 bits per heavy atom. The summed E-state index contributed by atoms with van der Waals surface area (Å²) in [7, 11) is 0. The number of aromatic amines is 1. The summed E-state index contributed by atoms with van der Waals surface area (Å²) in [6.45, 7) is 1.88. The average Bonchev–Trinajstić information content (AvgIpc) is 2.87. The molecule has 0 spiro atoms. The number of ketones is 1. The highest BCUT2D eigenvalue weighted by atomic mass is 16.5. The lowest BCUT2D eigenvalue weighted by Gasteiger charge is -2.32. The van der Waals surface area contributed by atoms with Crippen LogP contribution in [0.25, 0.3) is 0 Å². The second-order valence-electron chi connectivity index (χ2n) is 4.29. The van der Waals surface area contributed by atoms with Gasteiger partial charge in [-0.05, 0) is 13.0 Å². The Balaban J connectivity index is 2.21. The van der Waals surface area contributed by atoms with Crippen molar-refractivity contribution in [3.05, 3.63) is 23.5 Å². The number of Topliss-reactive ketones (excluding diaryl/α,β-unsaturated/α-hetero) is 1. The van der Waals surface area contributed by atoms with Crippen molar-refractivity contribution in [2.75, 3.05) is 19.8 Å². The van der Waals surface area contributed by atoms with E-state index in [1.165, 1.54) is 24.1 Å². The summed E-state index contributed by atoms with van der Waals surface area (Å²) >= 11 is 0. The molecule has 1 unspecified atom stereocenters. The predicted molar refractivity (Wildman–Crippen MR) is 64.1 cm³/mol. The van der Waals surface area contributed by atoms with Crippen LogP contribution in [0.5, 0.6) is 0 Å². The first-order valence-corrected chi connectivity index (χ1v) is 5.81. The highest BCUT2D eigenvalue weighted by Gasteiger charge is 2.33. The molecule has 2 N–H and O–H groups in total. The minimum Gasteiger partial charge on any atom is -0.480 e. The second-order valence-corrected chi connectivity index (χ2v) is 4.29. The van der Waals surface area contributed by atoms with Gasteiger partial charge in [-0.25, -0.2) is 4.79 Å². The quantitative estimate of drug-likeness (QED) is 0.758. The molecule has 0 saturated carbocycles. The molecule has 1 aromatic rings. The van der Waals surface area contributed by atoms with Gasteiger partial charge in [-0.2, -0.15) is 0 Å². The van der Waals surface area contributed by atoms with Crippen LogP contribution in [0.4, 0.5) is 0 Å². The van der Waals surface area contributed by atoms with Gasteiger partial charge in [-0.3, -0.25) is 9.59 Å². The number of carboxylic acid groups (broad SMARTS) is 1. The van der Waals surface area contributed by atoms with E-state index in [0.29, 0.717) is 12.2 Å². The minimum atomic E-state index is -1.11. The molecule has 2 rings (SSSR count). The minimum absolute atomic E-state index is 0.0264. The van der Waals surface area contributed by atoms with Crippen LogP contribution in [-0.2, 0) is 9.53 Å². The molecule has 1 atom stereocenters. The zero-order chi connectivity index (χ0) is 14.0. The van der Waals surface area contributed by atoms with E-state index in [4.69, 9.17) is 9.84 Å². The van der Waals surface area contributed by atoms with Crippen molar-refractivity contribution in [3.63, 3.8) is 0 Å². The van der Waals surface area contributed by atoms with Crippen LogP contribution in [0.2, 0.25) is 0 Å². The van der Waals surface area contributed by atoms with Crippen molar-refractivity contribution in [2.45, 2.75) is 13.0 Å². The molecule has 1 saturated heterocycles. The average molecular weight is 266 g/mol. The first-order valence-electron chi connectivity index (χ1n) is 5.81. The maximum absolute atomic E-state index is 12.2. The smallest absolute Gasteiger partial charge is 0.328 e. The van der Waals surface area contributed by atoms with E-state index in [1.807, 2.05) is 0 Å². The van der Waals surface area contributed by atoms with Gasteiger partial charge in [0, 0.05) is 18.3 Å². The molecule has 0 aliphatic carbocycles. The molecule has 0 aromatic carbocycles. The van der Waals surface area contributed by atoms with Gasteiger partial charge in [0.2, 0.25) is 0 Å². The van der Waals surface area contributed by atoms with Crippen LogP contribution in [0, 0.1) is 0 Å². The van der Waals surface area contributed by atoms with E-state index < -0.39 is 17.9 Å². The second kappa shape index (κ2) is 5.23. The summed E-state index contributed by atoms with van der Waals surface area (Å²) < 4.78 is 5.06. The van der Waals surface area contributed by atoms with Crippen LogP contribution in [0.15, 0.2) is 12.3 Å². The summed E-state index contributed by atoms with van der Waals surface area (Å²) in [5, 5.41) is 9.06. The number of morpholine rings is 1. The van der Waals surface area contributed by atoms with Gasteiger partial charge in [-0.15, -0.1) is 0 Å². The van der Waals surface area contributed by atoms with E-state index in [1.54, 1.807) is 0 Å². The molecule has 7 nitrogen and oxygen atoms in total. The molecule has 0 bridgehead atoms. The molecular formula is C12H14N2O5. The lowest BCUT2D eigenvalue weighted by Crippen LogP contribution is -2.52. The normalized spacial score (nSPS) is 19.2. The van der Waals surface area contributed by atoms with Crippen molar-refractivity contribution < 1.29 is 24.2 Å². The molecule has 7 heteroatoms. The third kappa shape index (κ3) is 2.65. The van der Waals surface area contributed by atoms with E-state index in [0.717, 1.165) is 0 Å². The molecule has 1 aromatic heterocycles. The van der Waals surface area contributed by atoms with Gasteiger partial charge in [0.15, 0.2) is 11.8 Å². The van der Waals surface area contributed by atoms with Crippen molar-refractivity contribution in [3.8, 4) is 0 Å². The first kappa shape index (κ1) is 13.3. The number of carbonyl (C=O) groups is 3. The molecule has 1 aliphatic rings.